The number of pyridine rings is 1. The van der Waals surface area contributed by atoms with Crippen LogP contribution in [0.15, 0.2) is 66.9 Å². The Balaban J connectivity index is 1.49. The summed E-state index contributed by atoms with van der Waals surface area (Å²) in [5.74, 6) is 0.293. The summed E-state index contributed by atoms with van der Waals surface area (Å²) in [6.45, 7) is 1.58. The molecule has 200 valence electrons. The molecule has 1 heterocycles. The third-order valence-electron chi connectivity index (χ3n) is 7.43. The summed E-state index contributed by atoms with van der Waals surface area (Å²) in [5.41, 5.74) is 9.73. The molecule has 0 aliphatic heterocycles. The molecule has 0 unspecified atom stereocenters. The summed E-state index contributed by atoms with van der Waals surface area (Å²) in [6.07, 6.45) is 3.04. The van der Waals surface area contributed by atoms with Crippen molar-refractivity contribution in [3.8, 4) is 22.4 Å². The molecule has 8 heteroatoms. The van der Waals surface area contributed by atoms with E-state index >= 15 is 0 Å². The van der Waals surface area contributed by atoms with Gasteiger partial charge in [0.05, 0.1) is 23.6 Å². The first-order valence-electron chi connectivity index (χ1n) is 13.0. The van der Waals surface area contributed by atoms with Crippen LogP contribution in [0.5, 0.6) is 0 Å². The molecule has 1 aliphatic rings. The second-order valence-electron chi connectivity index (χ2n) is 10.0. The van der Waals surface area contributed by atoms with Gasteiger partial charge in [-0.05, 0) is 48.8 Å². The first kappa shape index (κ1) is 27.4. The lowest BCUT2D eigenvalue weighted by molar-refractivity contribution is -0.130. The third kappa shape index (κ3) is 6.61. The summed E-state index contributed by atoms with van der Waals surface area (Å²) in [4.78, 5) is 31.0. The number of hydrogen-bond donors (Lipinski definition) is 2. The number of amides is 2. The Labute approximate surface area is 222 Å². The lowest BCUT2D eigenvalue weighted by Gasteiger charge is -2.34. The van der Waals surface area contributed by atoms with Crippen LogP contribution >= 0.6 is 0 Å². The SMILES string of the molecule is CC(=O)N(C)C1CCC(CC(=O)Nc2cnc(-c3ccc([C@H](N)C(F)F)cc3)c(-c3ccccc3)c2)CC1. The Kier molecular flexibility index (Phi) is 8.84. The average Bonchev–Trinajstić information content (AvgIpc) is 2.93. The zero-order chi connectivity index (χ0) is 27.2. The molecule has 3 aromatic rings. The topological polar surface area (TPSA) is 88.3 Å². The molecule has 0 spiro atoms. The maximum atomic E-state index is 13.0. The lowest BCUT2D eigenvalue weighted by atomic mass is 9.83. The molecule has 1 fully saturated rings. The van der Waals surface area contributed by atoms with Crippen LogP contribution in [0.3, 0.4) is 0 Å². The summed E-state index contributed by atoms with van der Waals surface area (Å²) in [5, 5.41) is 3.00. The van der Waals surface area contributed by atoms with Crippen molar-refractivity contribution in [2.24, 2.45) is 11.7 Å². The van der Waals surface area contributed by atoms with Crippen molar-refractivity contribution < 1.29 is 18.4 Å². The number of benzene rings is 2. The van der Waals surface area contributed by atoms with Gasteiger partial charge in [-0.1, -0.05) is 54.6 Å². The highest BCUT2D eigenvalue weighted by atomic mass is 19.3. The van der Waals surface area contributed by atoms with Crippen LogP contribution in [-0.4, -0.2) is 41.2 Å². The predicted molar refractivity (Wildman–Crippen MR) is 145 cm³/mol. The van der Waals surface area contributed by atoms with Gasteiger partial charge in [0.25, 0.3) is 6.43 Å². The van der Waals surface area contributed by atoms with Crippen molar-refractivity contribution in [2.75, 3.05) is 12.4 Å². The smallest absolute Gasteiger partial charge is 0.257 e. The van der Waals surface area contributed by atoms with E-state index in [2.05, 4.69) is 10.3 Å². The van der Waals surface area contributed by atoms with E-state index in [1.54, 1.807) is 42.3 Å². The highest BCUT2D eigenvalue weighted by molar-refractivity contribution is 5.93. The van der Waals surface area contributed by atoms with Gasteiger partial charge in [0.15, 0.2) is 0 Å². The van der Waals surface area contributed by atoms with E-state index in [0.717, 1.165) is 42.4 Å². The number of nitrogens with one attached hydrogen (secondary N) is 1. The van der Waals surface area contributed by atoms with E-state index in [1.807, 2.05) is 43.4 Å². The Morgan fingerprint density at radius 1 is 1.03 bits per heavy atom. The molecule has 0 bridgehead atoms. The van der Waals surface area contributed by atoms with E-state index in [1.165, 1.54) is 0 Å². The van der Waals surface area contributed by atoms with E-state index in [9.17, 15) is 18.4 Å². The van der Waals surface area contributed by atoms with Crippen molar-refractivity contribution in [1.29, 1.82) is 0 Å². The fraction of sp³-hybridized carbons (Fsp3) is 0.367. The predicted octanol–water partition coefficient (Wildman–Crippen LogP) is 6.05. The Bertz CT molecular complexity index is 1240. The highest BCUT2D eigenvalue weighted by Gasteiger charge is 2.26. The zero-order valence-corrected chi connectivity index (χ0v) is 21.7. The number of carbonyl (C=O) groups excluding carboxylic acids is 2. The van der Waals surface area contributed by atoms with Crippen LogP contribution in [0.2, 0.25) is 0 Å². The fourth-order valence-electron chi connectivity index (χ4n) is 5.08. The number of aromatic nitrogens is 1. The molecule has 1 saturated carbocycles. The molecule has 4 rings (SSSR count). The van der Waals surface area contributed by atoms with Crippen LogP contribution in [0.25, 0.3) is 22.4 Å². The van der Waals surface area contributed by atoms with Crippen LogP contribution in [0.4, 0.5) is 14.5 Å². The maximum Gasteiger partial charge on any atom is 0.257 e. The van der Waals surface area contributed by atoms with Gasteiger partial charge in [-0.3, -0.25) is 14.6 Å². The molecule has 3 N–H and O–H groups in total. The van der Waals surface area contributed by atoms with Crippen LogP contribution in [0.1, 0.15) is 50.6 Å². The second kappa shape index (κ2) is 12.3. The lowest BCUT2D eigenvalue weighted by Crippen LogP contribution is -2.38. The minimum absolute atomic E-state index is 0.0627. The molecular weight excluding hydrogens is 486 g/mol. The zero-order valence-electron chi connectivity index (χ0n) is 21.7. The minimum Gasteiger partial charge on any atom is -0.343 e. The number of carbonyl (C=O) groups is 2. The molecule has 1 aliphatic carbocycles. The van der Waals surface area contributed by atoms with Gasteiger partial charge < -0.3 is 16.0 Å². The molecule has 1 aromatic heterocycles. The summed E-state index contributed by atoms with van der Waals surface area (Å²) in [6, 6.07) is 17.2. The number of alkyl halides is 2. The quantitative estimate of drug-likeness (QED) is 0.379. The molecule has 0 radical (unpaired) electrons. The van der Waals surface area contributed by atoms with Crippen LogP contribution in [0, 0.1) is 5.92 Å². The second-order valence-corrected chi connectivity index (χ2v) is 10.0. The number of anilines is 1. The summed E-state index contributed by atoms with van der Waals surface area (Å²) < 4.78 is 26.0. The van der Waals surface area contributed by atoms with Gasteiger partial charge in [-0.2, -0.15) is 0 Å². The number of halogens is 2. The Morgan fingerprint density at radius 3 is 2.29 bits per heavy atom. The first-order valence-corrected chi connectivity index (χ1v) is 13.0. The van der Waals surface area contributed by atoms with Crippen molar-refractivity contribution in [3.05, 3.63) is 72.4 Å². The van der Waals surface area contributed by atoms with Crippen molar-refractivity contribution in [3.63, 3.8) is 0 Å². The van der Waals surface area contributed by atoms with E-state index in [4.69, 9.17) is 5.73 Å². The fourth-order valence-corrected chi connectivity index (χ4v) is 5.08. The summed E-state index contributed by atoms with van der Waals surface area (Å²) in [7, 11) is 1.84. The first-order chi connectivity index (χ1) is 18.2. The molecule has 2 amide bonds. The highest BCUT2D eigenvalue weighted by Crippen LogP contribution is 2.34. The average molecular weight is 521 g/mol. The number of hydrogen-bond acceptors (Lipinski definition) is 4. The van der Waals surface area contributed by atoms with E-state index in [0.29, 0.717) is 23.4 Å². The normalized spacial score (nSPS) is 18.2. The maximum absolute atomic E-state index is 13.0. The Hall–Kier alpha value is -3.65. The van der Waals surface area contributed by atoms with E-state index in [-0.39, 0.29) is 23.8 Å². The van der Waals surface area contributed by atoms with Crippen molar-refractivity contribution in [1.82, 2.24) is 9.88 Å². The van der Waals surface area contributed by atoms with Gasteiger partial charge in [0.2, 0.25) is 11.8 Å². The monoisotopic (exact) mass is 520 g/mol. The molecule has 2 aromatic carbocycles. The van der Waals surface area contributed by atoms with Crippen molar-refractivity contribution in [2.45, 2.75) is 57.5 Å². The Morgan fingerprint density at radius 2 is 1.68 bits per heavy atom. The summed E-state index contributed by atoms with van der Waals surface area (Å²) >= 11 is 0. The van der Waals surface area contributed by atoms with Crippen LogP contribution in [-0.2, 0) is 9.59 Å². The molecule has 38 heavy (non-hydrogen) atoms. The molecule has 6 nitrogen and oxygen atoms in total. The molecular formula is C30H34F2N4O2. The third-order valence-corrected chi connectivity index (χ3v) is 7.43. The van der Waals surface area contributed by atoms with Crippen molar-refractivity contribution >= 4 is 17.5 Å². The van der Waals surface area contributed by atoms with Gasteiger partial charge in [0, 0.05) is 37.6 Å². The van der Waals surface area contributed by atoms with Crippen LogP contribution < -0.4 is 11.1 Å². The van der Waals surface area contributed by atoms with Gasteiger partial charge in [-0.25, -0.2) is 8.78 Å². The largest absolute Gasteiger partial charge is 0.343 e. The van der Waals surface area contributed by atoms with Gasteiger partial charge >= 0.3 is 0 Å². The van der Waals surface area contributed by atoms with Gasteiger partial charge in [0.1, 0.15) is 0 Å². The number of nitrogens with zero attached hydrogens (tertiary/aromatic N) is 2. The van der Waals surface area contributed by atoms with E-state index < -0.39 is 12.5 Å². The molecule has 1 atom stereocenters. The number of rotatable bonds is 8. The minimum atomic E-state index is -2.64. The standard InChI is InChI=1S/C30H34F2N4O2/c1-19(37)36(2)25-14-8-20(9-15-25)16-27(38)35-24-17-26(21-6-4-3-5-7-21)29(34-18-24)23-12-10-22(11-13-23)28(33)30(31)32/h3-7,10-13,17-18,20,25,28,30H,8-9,14-16,33H2,1-2H3,(H,35,38)/t20?,25?,28-/m0/s1. The van der Waals surface area contributed by atoms with Gasteiger partial charge in [-0.15, -0.1) is 0 Å². The molecule has 0 saturated heterocycles. The number of nitrogens with two attached hydrogens (primary N) is 1.